The quantitative estimate of drug-likeness (QED) is 0.593. The second kappa shape index (κ2) is 6.22. The zero-order valence-electron chi connectivity index (χ0n) is 10.3. The van der Waals surface area contributed by atoms with Crippen LogP contribution in [-0.4, -0.2) is 11.0 Å². The van der Waals surface area contributed by atoms with Gasteiger partial charge in [0.1, 0.15) is 5.82 Å². The average molecular weight is 295 g/mol. The monoisotopic (exact) mass is 294 g/mol. The molecule has 1 unspecified atom stereocenters. The Balaban J connectivity index is 2.14. The van der Waals surface area contributed by atoms with Gasteiger partial charge in [-0.1, -0.05) is 35.9 Å². The molecule has 0 saturated heterocycles. The van der Waals surface area contributed by atoms with E-state index in [1.807, 2.05) is 0 Å². The first kappa shape index (κ1) is 14.1. The van der Waals surface area contributed by atoms with Gasteiger partial charge in [0.15, 0.2) is 5.78 Å². The maximum Gasteiger partial charge on any atom is 0.175 e. The van der Waals surface area contributed by atoms with E-state index in [2.05, 4.69) is 0 Å². The highest BCUT2D eigenvalue weighted by atomic mass is 35.5. The second-order valence-corrected chi connectivity index (χ2v) is 5.88. The Morgan fingerprint density at radius 2 is 1.95 bits per heavy atom. The molecule has 0 bridgehead atoms. The van der Waals surface area contributed by atoms with Crippen LogP contribution in [0.3, 0.4) is 0 Å². The summed E-state index contributed by atoms with van der Waals surface area (Å²) in [6.45, 7) is 1.76. The van der Waals surface area contributed by atoms with E-state index >= 15 is 0 Å². The highest BCUT2D eigenvalue weighted by Gasteiger charge is 2.18. The van der Waals surface area contributed by atoms with Gasteiger partial charge >= 0.3 is 0 Å². The molecule has 1 nitrogen and oxygen atoms in total. The molecule has 4 heteroatoms. The SMILES string of the molecule is CC(Sc1ccccc1F)C(=O)c1cccc(Cl)c1. The Labute approximate surface area is 120 Å². The van der Waals surface area contributed by atoms with Crippen molar-refractivity contribution >= 4 is 29.1 Å². The van der Waals surface area contributed by atoms with Gasteiger partial charge < -0.3 is 0 Å². The third-order valence-electron chi connectivity index (χ3n) is 2.62. The van der Waals surface area contributed by atoms with E-state index < -0.39 is 0 Å². The normalized spacial score (nSPS) is 12.2. The lowest BCUT2D eigenvalue weighted by atomic mass is 10.1. The van der Waals surface area contributed by atoms with Gasteiger partial charge in [0.2, 0.25) is 0 Å². The Bertz CT molecular complexity index is 600. The number of rotatable bonds is 4. The Morgan fingerprint density at radius 3 is 2.63 bits per heavy atom. The molecule has 98 valence electrons. The zero-order valence-corrected chi connectivity index (χ0v) is 11.8. The minimum absolute atomic E-state index is 0.0595. The van der Waals surface area contributed by atoms with Crippen molar-refractivity contribution in [2.24, 2.45) is 0 Å². The summed E-state index contributed by atoms with van der Waals surface area (Å²) in [5.74, 6) is -0.367. The minimum atomic E-state index is -0.365. The van der Waals surface area contributed by atoms with Crippen LogP contribution in [-0.2, 0) is 0 Å². The van der Waals surface area contributed by atoms with Crippen molar-refractivity contribution in [2.45, 2.75) is 17.1 Å². The number of hydrogen-bond donors (Lipinski definition) is 0. The van der Waals surface area contributed by atoms with E-state index in [0.29, 0.717) is 15.5 Å². The summed E-state index contributed by atoms with van der Waals surface area (Å²) in [4.78, 5) is 12.7. The van der Waals surface area contributed by atoms with Gasteiger partial charge in [0.05, 0.1) is 5.25 Å². The molecule has 0 heterocycles. The van der Waals surface area contributed by atoms with Gasteiger partial charge in [-0.25, -0.2) is 4.39 Å². The van der Waals surface area contributed by atoms with E-state index in [0.717, 1.165) is 0 Å². The highest BCUT2D eigenvalue weighted by molar-refractivity contribution is 8.00. The van der Waals surface area contributed by atoms with Crippen LogP contribution in [0.25, 0.3) is 0 Å². The van der Waals surface area contributed by atoms with Gasteiger partial charge in [0.25, 0.3) is 0 Å². The summed E-state index contributed by atoms with van der Waals surface area (Å²) in [7, 11) is 0. The summed E-state index contributed by atoms with van der Waals surface area (Å²) in [5, 5.41) is 0.157. The number of carbonyl (C=O) groups is 1. The van der Waals surface area contributed by atoms with Gasteiger partial charge in [0, 0.05) is 15.5 Å². The fraction of sp³-hybridized carbons (Fsp3) is 0.133. The molecule has 0 radical (unpaired) electrons. The molecule has 1 atom stereocenters. The molecule has 2 aromatic carbocycles. The van der Waals surface area contributed by atoms with Gasteiger partial charge in [-0.3, -0.25) is 4.79 Å². The van der Waals surface area contributed by atoms with Crippen LogP contribution in [0, 0.1) is 5.82 Å². The first-order chi connectivity index (χ1) is 9.08. The molecule has 0 fully saturated rings. The van der Waals surface area contributed by atoms with Gasteiger partial charge in [-0.15, -0.1) is 11.8 Å². The van der Waals surface area contributed by atoms with Crippen LogP contribution in [0.1, 0.15) is 17.3 Å². The Morgan fingerprint density at radius 1 is 1.21 bits per heavy atom. The number of ketones is 1. The fourth-order valence-corrected chi connectivity index (χ4v) is 2.81. The Hall–Kier alpha value is -1.32. The van der Waals surface area contributed by atoms with Gasteiger partial charge in [-0.2, -0.15) is 0 Å². The lowest BCUT2D eigenvalue weighted by Crippen LogP contribution is -2.13. The maximum atomic E-state index is 13.5. The summed E-state index contributed by atoms with van der Waals surface area (Å²) >= 11 is 7.07. The van der Waals surface area contributed by atoms with Crippen LogP contribution < -0.4 is 0 Å². The summed E-state index contributed by atoms with van der Waals surface area (Å²) in [5.41, 5.74) is 0.545. The molecule has 0 aliphatic rings. The summed E-state index contributed by atoms with van der Waals surface area (Å²) in [6.07, 6.45) is 0. The number of thioether (sulfide) groups is 1. The number of benzene rings is 2. The largest absolute Gasteiger partial charge is 0.293 e. The molecule has 0 N–H and O–H groups in total. The third-order valence-corrected chi connectivity index (χ3v) is 4.01. The molecule has 0 spiro atoms. The molecular weight excluding hydrogens is 283 g/mol. The second-order valence-electron chi connectivity index (χ2n) is 4.07. The summed E-state index contributed by atoms with van der Waals surface area (Å²) < 4.78 is 13.5. The third kappa shape index (κ3) is 3.58. The van der Waals surface area contributed by atoms with Crippen molar-refractivity contribution in [1.82, 2.24) is 0 Å². The number of Topliss-reactive ketones (excluding diaryl/α,β-unsaturated/α-hetero) is 1. The highest BCUT2D eigenvalue weighted by Crippen LogP contribution is 2.28. The molecule has 2 rings (SSSR count). The van der Waals surface area contributed by atoms with E-state index in [1.165, 1.54) is 17.8 Å². The predicted octanol–water partition coefficient (Wildman–Crippen LogP) is 4.84. The minimum Gasteiger partial charge on any atom is -0.293 e. The van der Waals surface area contributed by atoms with Crippen molar-refractivity contribution in [2.75, 3.05) is 0 Å². The number of hydrogen-bond acceptors (Lipinski definition) is 2. The average Bonchev–Trinajstić information content (AvgIpc) is 2.40. The molecule has 19 heavy (non-hydrogen) atoms. The van der Waals surface area contributed by atoms with Crippen LogP contribution in [0.4, 0.5) is 4.39 Å². The van der Waals surface area contributed by atoms with Crippen LogP contribution in [0.2, 0.25) is 5.02 Å². The molecule has 0 aliphatic carbocycles. The topological polar surface area (TPSA) is 17.1 Å². The number of halogens is 2. The lowest BCUT2D eigenvalue weighted by Gasteiger charge is -2.11. The Kier molecular flexibility index (Phi) is 4.61. The van der Waals surface area contributed by atoms with Crippen molar-refractivity contribution in [1.29, 1.82) is 0 Å². The molecular formula is C15H12ClFOS. The fourth-order valence-electron chi connectivity index (χ4n) is 1.66. The van der Waals surface area contributed by atoms with Crippen molar-refractivity contribution in [3.8, 4) is 0 Å². The maximum absolute atomic E-state index is 13.5. The van der Waals surface area contributed by atoms with E-state index in [-0.39, 0.29) is 16.9 Å². The van der Waals surface area contributed by atoms with Crippen molar-refractivity contribution in [3.05, 3.63) is 64.9 Å². The molecule has 0 aliphatic heterocycles. The van der Waals surface area contributed by atoms with Gasteiger partial charge in [-0.05, 0) is 31.2 Å². The lowest BCUT2D eigenvalue weighted by molar-refractivity contribution is 0.0994. The van der Waals surface area contributed by atoms with Crippen LogP contribution >= 0.6 is 23.4 Å². The molecule has 0 saturated carbocycles. The zero-order chi connectivity index (χ0) is 13.8. The molecule has 0 amide bonds. The number of carbonyl (C=O) groups excluding carboxylic acids is 1. The van der Waals surface area contributed by atoms with Crippen LogP contribution in [0.15, 0.2) is 53.4 Å². The van der Waals surface area contributed by atoms with Crippen molar-refractivity contribution < 1.29 is 9.18 Å². The summed E-state index contributed by atoms with van der Waals surface area (Å²) in [6, 6.07) is 13.2. The van der Waals surface area contributed by atoms with E-state index in [9.17, 15) is 9.18 Å². The standard InChI is InChI=1S/C15H12ClFOS/c1-10(19-14-8-3-2-7-13(14)17)15(18)11-5-4-6-12(16)9-11/h2-10H,1H3. The first-order valence-electron chi connectivity index (χ1n) is 5.79. The van der Waals surface area contributed by atoms with Crippen LogP contribution in [0.5, 0.6) is 0 Å². The van der Waals surface area contributed by atoms with Crippen molar-refractivity contribution in [3.63, 3.8) is 0 Å². The van der Waals surface area contributed by atoms with E-state index in [4.69, 9.17) is 11.6 Å². The first-order valence-corrected chi connectivity index (χ1v) is 7.04. The van der Waals surface area contributed by atoms with E-state index in [1.54, 1.807) is 49.4 Å². The predicted molar refractivity (Wildman–Crippen MR) is 77.5 cm³/mol. The smallest absolute Gasteiger partial charge is 0.175 e. The molecule has 2 aromatic rings. The molecule has 0 aromatic heterocycles.